The van der Waals surface area contributed by atoms with Crippen molar-refractivity contribution in [3.05, 3.63) is 186 Å². The van der Waals surface area contributed by atoms with E-state index in [0.717, 1.165) is 38.8 Å². The van der Waals surface area contributed by atoms with Crippen molar-refractivity contribution < 1.29 is 27.0 Å². The third kappa shape index (κ3) is 21.5. The third-order valence-corrected chi connectivity index (χ3v) is 24.7. The number of halogens is 4. The quantitative estimate of drug-likeness (QED) is 0.0858. The molecule has 0 atom stereocenters. The summed E-state index contributed by atoms with van der Waals surface area (Å²) in [6, 6.07) is 30.6. The molecule has 2 aliphatic heterocycles. The predicted molar refractivity (Wildman–Crippen MR) is 361 cm³/mol. The molecule has 0 unspecified atom stereocenters. The first-order valence-electron chi connectivity index (χ1n) is 30.2. The van der Waals surface area contributed by atoms with Gasteiger partial charge in [0.2, 0.25) is 0 Å². The van der Waals surface area contributed by atoms with Gasteiger partial charge in [0.1, 0.15) is 0 Å². The minimum absolute atomic E-state index is 0.0465. The number of nitrogens with zero attached hydrogens (tertiary/aromatic N) is 6. The first-order valence-corrected chi connectivity index (χ1v) is 42.9. The fraction of sp³-hybridized carbons (Fsp3) is 0.429. The van der Waals surface area contributed by atoms with E-state index in [1.165, 1.54) is 101 Å². The third-order valence-electron chi connectivity index (χ3n) is 16.4. The number of aromatic nitrogens is 4. The molecule has 13 heteroatoms. The average Bonchev–Trinajstić information content (AvgIpc) is 4.41. The molecule has 0 bridgehead atoms. The van der Waals surface area contributed by atoms with E-state index < -0.39 is 27.0 Å². The fourth-order valence-electron chi connectivity index (χ4n) is 13.1. The van der Waals surface area contributed by atoms with E-state index in [1.54, 1.807) is 127 Å². The van der Waals surface area contributed by atoms with Crippen LogP contribution in [0.25, 0.3) is 28.1 Å². The van der Waals surface area contributed by atoms with Crippen molar-refractivity contribution in [3.8, 4) is 0 Å². The number of anilines is 2. The molecule has 3 aliphatic carbocycles. The van der Waals surface area contributed by atoms with Gasteiger partial charge in [-0.1, -0.05) is 92.3 Å². The normalized spacial score (nSPS) is 16.8. The molecule has 0 N–H and O–H groups in total. The van der Waals surface area contributed by atoms with Gasteiger partial charge in [-0.05, 0) is 160 Å². The molecule has 5 aliphatic rings. The summed E-state index contributed by atoms with van der Waals surface area (Å²) in [6.07, 6.45) is 37.4. The Balaban J connectivity index is 0.000000145. The van der Waals surface area contributed by atoms with Gasteiger partial charge < -0.3 is 9.80 Å². The number of benzene rings is 5. The van der Waals surface area contributed by atoms with Crippen molar-refractivity contribution in [1.29, 1.82) is 0 Å². The van der Waals surface area contributed by atoms with Crippen LogP contribution < -0.4 is 9.80 Å². The van der Waals surface area contributed by atoms with E-state index in [9.17, 15) is 0 Å². The zero-order valence-electron chi connectivity index (χ0n) is 50.0. The Morgan fingerprint density at radius 1 is 0.470 bits per heavy atom. The Kier molecular flexibility index (Phi) is 29.2. The van der Waals surface area contributed by atoms with Crippen molar-refractivity contribution in [2.45, 2.75) is 181 Å². The summed E-state index contributed by atoms with van der Waals surface area (Å²) in [5, 5.41) is 0. The number of hydrogen-bond acceptors (Lipinski definition) is 6. The summed E-state index contributed by atoms with van der Waals surface area (Å²) in [4.78, 5) is 21.7. The molecule has 6 nitrogen and oxygen atoms in total. The van der Waals surface area contributed by atoms with Crippen molar-refractivity contribution in [2.75, 3.05) is 22.9 Å². The van der Waals surface area contributed by atoms with E-state index in [4.69, 9.17) is 38.8 Å². The Morgan fingerprint density at radius 3 is 1.23 bits per heavy atom. The van der Waals surface area contributed by atoms with Gasteiger partial charge in [-0.3, -0.25) is 9.97 Å². The van der Waals surface area contributed by atoms with Crippen LogP contribution in [0.15, 0.2) is 122 Å². The summed E-state index contributed by atoms with van der Waals surface area (Å²) in [6.45, 7) is 23.9. The molecule has 2 aromatic heterocycles. The SMILES string of the molecule is C1CCC([PH+](C2CCCCC2)C2CCCCC2)CC1.C=Cc1cccc2nccnc12.Cc1cc(C)c(N2[CH-]CCC2)c(C)c1.Cc1cc(C)c(N2[CH-]CCC2)c(C)c1.[Cl][Ru]([Cl])=[CH]c1cccc2nccnc12.[Cl][Ru]([Cl])=[CH]c1ccccc1. The molecule has 5 fully saturated rings. The molecule has 0 amide bonds. The van der Waals surface area contributed by atoms with Crippen LogP contribution in [-0.2, 0) is 27.0 Å². The number of para-hydroxylation sites is 2. The molecule has 0 radical (unpaired) electrons. The number of fused-ring (bicyclic) bond motifs is 2. The van der Waals surface area contributed by atoms with Crippen LogP contribution in [0.1, 0.15) is 172 Å². The summed E-state index contributed by atoms with van der Waals surface area (Å²) in [5.74, 6) is 0. The maximum atomic E-state index is 5.82. The Morgan fingerprint density at radius 2 is 0.855 bits per heavy atom. The van der Waals surface area contributed by atoms with Crippen LogP contribution in [0.4, 0.5) is 11.4 Å². The van der Waals surface area contributed by atoms with Crippen LogP contribution in [0, 0.1) is 54.6 Å². The number of hydrogen-bond donors (Lipinski definition) is 0. The van der Waals surface area contributed by atoms with Gasteiger partial charge in [0.05, 0.1) is 28.0 Å². The van der Waals surface area contributed by atoms with Crippen LogP contribution in [0.2, 0.25) is 0 Å². The van der Waals surface area contributed by atoms with Gasteiger partial charge in [-0.15, -0.1) is 0 Å². The van der Waals surface area contributed by atoms with Crippen molar-refractivity contribution >= 4 is 95.4 Å². The summed E-state index contributed by atoms with van der Waals surface area (Å²) in [5.41, 5.74) is 21.5. The summed E-state index contributed by atoms with van der Waals surface area (Å²) < 4.78 is 3.80. The molecule has 4 heterocycles. The molecular formula is C70H90Cl4N6PRu2-. The molecule has 5 aromatic carbocycles. The monoisotopic (exact) mass is 1390 g/mol. The second-order valence-electron chi connectivity index (χ2n) is 22.8. The fourth-order valence-corrected chi connectivity index (χ4v) is 22.0. The van der Waals surface area contributed by atoms with Gasteiger partial charge in [-0.2, -0.15) is 12.8 Å². The molecule has 12 rings (SSSR count). The molecule has 2 saturated heterocycles. The number of rotatable bonds is 8. The zero-order valence-corrected chi connectivity index (χ0v) is 57.5. The Labute approximate surface area is 526 Å². The molecule has 83 heavy (non-hydrogen) atoms. The molecular weight excluding hydrogens is 1300 g/mol. The van der Waals surface area contributed by atoms with Gasteiger partial charge in [0, 0.05) is 37.3 Å². The first-order chi connectivity index (χ1) is 40.3. The van der Waals surface area contributed by atoms with E-state index >= 15 is 0 Å². The van der Waals surface area contributed by atoms with E-state index in [1.807, 2.05) is 75.9 Å². The first kappa shape index (κ1) is 67.2. The molecule has 0 spiro atoms. The summed E-state index contributed by atoms with van der Waals surface area (Å²) in [7, 11) is 22.9. The van der Waals surface area contributed by atoms with Crippen molar-refractivity contribution in [1.82, 2.24) is 19.9 Å². The molecule has 7 aromatic rings. The van der Waals surface area contributed by atoms with Gasteiger partial charge in [-0.25, -0.2) is 13.1 Å². The minimum atomic E-state index is -1.79. The number of aryl methyl sites for hydroxylation is 6. The van der Waals surface area contributed by atoms with E-state index in [-0.39, 0.29) is 7.92 Å². The van der Waals surface area contributed by atoms with Crippen molar-refractivity contribution in [3.63, 3.8) is 0 Å². The van der Waals surface area contributed by atoms with Gasteiger partial charge in [0.25, 0.3) is 0 Å². The van der Waals surface area contributed by atoms with Crippen molar-refractivity contribution in [2.24, 2.45) is 0 Å². The Bertz CT molecular complexity index is 2990. The molecule has 450 valence electrons. The van der Waals surface area contributed by atoms with Gasteiger partial charge >= 0.3 is 168 Å². The van der Waals surface area contributed by atoms with Crippen LogP contribution in [0.3, 0.4) is 0 Å². The molecule has 3 saturated carbocycles. The van der Waals surface area contributed by atoms with Gasteiger partial charge in [0.15, 0.2) is 0 Å². The standard InChI is InChI=1S/C18H33P.2C13H18N.C10H8N2.C9H6N2.C7H6.4ClH.2Ru/c1-4-10-16(11-5-1)19(17-12-6-2-7-13-17)18-14-8-3-9-15-18;2*1-10-8-11(2)13(12(3)9-10)14-6-4-5-7-14;1-2-8-4-3-5-9-10(8)12-7-6-11-9;1-7-3-2-4-8-9(7)11-6-5-10-8;1-7-5-3-2-4-6-7;;;;;;/h16-18H,1-15H2;2*6,8-9H,4-5,7H2,1-3H3;2-7H,1H2;1-6H;1-6H;4*1H;;/q;2*-1;;;;;;;;2*+2/p-3. The summed E-state index contributed by atoms with van der Waals surface area (Å²) >= 11 is -3.41. The van der Waals surface area contributed by atoms with E-state index in [2.05, 4.69) is 115 Å². The zero-order chi connectivity index (χ0) is 58.9. The Hall–Kier alpha value is -3.30. The van der Waals surface area contributed by atoms with E-state index in [0.29, 0.717) is 0 Å². The maximum absolute atomic E-state index is 5.82. The average molecular weight is 1390 g/mol. The topological polar surface area (TPSA) is 58.0 Å². The van der Waals surface area contributed by atoms with Crippen LogP contribution in [0.5, 0.6) is 0 Å². The second kappa shape index (κ2) is 36.1. The second-order valence-corrected chi connectivity index (χ2v) is 37.7. The predicted octanol–water partition coefficient (Wildman–Crippen LogP) is 20.7. The van der Waals surface area contributed by atoms with Crippen LogP contribution in [-0.4, -0.2) is 59.2 Å². The van der Waals surface area contributed by atoms with Crippen LogP contribution >= 0.6 is 46.7 Å².